The van der Waals surface area contributed by atoms with E-state index in [9.17, 15) is 0 Å². The summed E-state index contributed by atoms with van der Waals surface area (Å²) < 4.78 is 16.5. The number of nitrogens with zero attached hydrogens (tertiary/aromatic N) is 2. The average Bonchev–Trinajstić information content (AvgIpc) is 3.11. The molecule has 1 aromatic heterocycles. The first-order chi connectivity index (χ1) is 11.9. The maximum atomic E-state index is 5.72. The van der Waals surface area contributed by atoms with Crippen LogP contribution < -0.4 is 10.1 Å². The summed E-state index contributed by atoms with van der Waals surface area (Å²) in [5.41, 5.74) is 1.05. The molecule has 1 aliphatic heterocycles. The molecular weight excluding hydrogens is 306 g/mol. The number of ether oxygens (including phenoxy) is 2. The van der Waals surface area contributed by atoms with Crippen molar-refractivity contribution in [3.8, 4) is 5.75 Å². The summed E-state index contributed by atoms with van der Waals surface area (Å²) in [6, 6.07) is 7.91. The van der Waals surface area contributed by atoms with Crippen molar-refractivity contribution in [2.24, 2.45) is 0 Å². The average molecular weight is 329 g/mol. The number of rotatable bonds is 7. The molecule has 128 valence electrons. The van der Waals surface area contributed by atoms with Crippen molar-refractivity contribution in [1.29, 1.82) is 0 Å². The Labute approximate surface area is 141 Å². The minimum absolute atomic E-state index is 0.241. The summed E-state index contributed by atoms with van der Waals surface area (Å²) in [4.78, 5) is 0. The van der Waals surface area contributed by atoms with Crippen LogP contribution in [0.3, 0.4) is 0 Å². The van der Waals surface area contributed by atoms with Crippen LogP contribution in [0, 0.1) is 0 Å². The van der Waals surface area contributed by atoms with E-state index in [2.05, 4.69) is 15.5 Å². The molecule has 6 heteroatoms. The lowest BCUT2D eigenvalue weighted by atomic mass is 10.0. The van der Waals surface area contributed by atoms with Gasteiger partial charge in [-0.05, 0) is 18.9 Å². The fourth-order valence-electron chi connectivity index (χ4n) is 2.69. The molecule has 2 aromatic rings. The van der Waals surface area contributed by atoms with Crippen LogP contribution in [-0.2, 0) is 11.3 Å². The Morgan fingerprint density at radius 3 is 3.08 bits per heavy atom. The molecule has 24 heavy (non-hydrogen) atoms. The quantitative estimate of drug-likeness (QED) is 0.788. The summed E-state index contributed by atoms with van der Waals surface area (Å²) in [5, 5.41) is 11.5. The largest absolute Gasteiger partial charge is 0.496 e. The third kappa shape index (κ3) is 4.43. The second-order valence-corrected chi connectivity index (χ2v) is 5.72. The highest BCUT2D eigenvalue weighted by Gasteiger charge is 2.21. The van der Waals surface area contributed by atoms with Crippen LogP contribution in [0.2, 0.25) is 0 Å². The van der Waals surface area contributed by atoms with Gasteiger partial charge in [-0.15, -0.1) is 10.2 Å². The lowest BCUT2D eigenvalue weighted by molar-refractivity contribution is 0.0721. The second-order valence-electron chi connectivity index (χ2n) is 5.72. The van der Waals surface area contributed by atoms with Gasteiger partial charge in [0, 0.05) is 18.7 Å². The zero-order valence-electron chi connectivity index (χ0n) is 13.9. The molecule has 0 radical (unpaired) electrons. The van der Waals surface area contributed by atoms with Gasteiger partial charge in [-0.1, -0.05) is 30.4 Å². The zero-order valence-corrected chi connectivity index (χ0v) is 13.9. The standard InChI is InChI=1S/C18H23N3O3/c1-22-16-9-3-2-6-14(16)7-4-10-19-12-17-20-21-18(24-17)15-8-5-11-23-13-15/h2-4,6-7,9,15,19H,5,8,10-13H2,1H3. The molecule has 3 rings (SSSR count). The molecule has 0 saturated carbocycles. The van der Waals surface area contributed by atoms with E-state index in [-0.39, 0.29) is 5.92 Å². The van der Waals surface area contributed by atoms with Gasteiger partial charge in [0.05, 0.1) is 26.2 Å². The Hall–Kier alpha value is -2.18. The van der Waals surface area contributed by atoms with Gasteiger partial charge < -0.3 is 19.2 Å². The van der Waals surface area contributed by atoms with Crippen LogP contribution in [0.25, 0.3) is 6.08 Å². The van der Waals surface area contributed by atoms with Crippen LogP contribution in [0.15, 0.2) is 34.8 Å². The van der Waals surface area contributed by atoms with Gasteiger partial charge >= 0.3 is 0 Å². The minimum atomic E-state index is 0.241. The lowest BCUT2D eigenvalue weighted by Crippen LogP contribution is -2.15. The van der Waals surface area contributed by atoms with E-state index in [1.165, 1.54) is 0 Å². The number of hydrogen-bond donors (Lipinski definition) is 1. The van der Waals surface area contributed by atoms with Crippen molar-refractivity contribution in [2.45, 2.75) is 25.3 Å². The molecule has 1 fully saturated rings. The molecule has 0 bridgehead atoms. The zero-order chi connectivity index (χ0) is 16.6. The van der Waals surface area contributed by atoms with Gasteiger partial charge in [0.1, 0.15) is 5.75 Å². The van der Waals surface area contributed by atoms with Gasteiger partial charge in [0.15, 0.2) is 0 Å². The predicted octanol–water partition coefficient (Wildman–Crippen LogP) is 2.78. The van der Waals surface area contributed by atoms with Gasteiger partial charge in [-0.3, -0.25) is 0 Å². The van der Waals surface area contributed by atoms with Crippen molar-refractivity contribution < 1.29 is 13.9 Å². The number of aromatic nitrogens is 2. The number of para-hydroxylation sites is 1. The van der Waals surface area contributed by atoms with E-state index < -0.39 is 0 Å². The first-order valence-corrected chi connectivity index (χ1v) is 8.27. The fraction of sp³-hybridized carbons (Fsp3) is 0.444. The number of nitrogens with one attached hydrogen (secondary N) is 1. The number of benzene rings is 1. The van der Waals surface area contributed by atoms with E-state index in [4.69, 9.17) is 13.9 Å². The summed E-state index contributed by atoms with van der Waals surface area (Å²) in [7, 11) is 1.68. The minimum Gasteiger partial charge on any atom is -0.496 e. The Morgan fingerprint density at radius 1 is 1.33 bits per heavy atom. The highest BCUT2D eigenvalue weighted by atomic mass is 16.5. The Kier molecular flexibility index (Phi) is 5.98. The third-order valence-electron chi connectivity index (χ3n) is 3.97. The predicted molar refractivity (Wildman–Crippen MR) is 90.8 cm³/mol. The van der Waals surface area contributed by atoms with E-state index in [0.717, 1.165) is 30.8 Å². The summed E-state index contributed by atoms with van der Waals surface area (Å²) in [5.74, 6) is 2.41. The summed E-state index contributed by atoms with van der Waals surface area (Å²) in [6.45, 7) is 2.77. The van der Waals surface area contributed by atoms with Crippen LogP contribution in [-0.4, -0.2) is 37.1 Å². The molecule has 6 nitrogen and oxygen atoms in total. The number of hydrogen-bond acceptors (Lipinski definition) is 6. The van der Waals surface area contributed by atoms with E-state index in [1.807, 2.05) is 36.4 Å². The van der Waals surface area contributed by atoms with Gasteiger partial charge in [-0.25, -0.2) is 0 Å². The Morgan fingerprint density at radius 2 is 2.25 bits per heavy atom. The van der Waals surface area contributed by atoms with Crippen LogP contribution >= 0.6 is 0 Å². The van der Waals surface area contributed by atoms with E-state index in [1.54, 1.807) is 7.11 Å². The van der Waals surface area contributed by atoms with Crippen LogP contribution in [0.5, 0.6) is 5.75 Å². The third-order valence-corrected chi connectivity index (χ3v) is 3.97. The van der Waals surface area contributed by atoms with E-state index >= 15 is 0 Å². The number of methoxy groups -OCH3 is 1. The topological polar surface area (TPSA) is 69.4 Å². The SMILES string of the molecule is COc1ccccc1C=CCNCc1nnc(C2CCCOC2)o1. The highest BCUT2D eigenvalue weighted by Crippen LogP contribution is 2.24. The van der Waals surface area contributed by atoms with Crippen molar-refractivity contribution in [3.63, 3.8) is 0 Å². The highest BCUT2D eigenvalue weighted by molar-refractivity contribution is 5.57. The maximum Gasteiger partial charge on any atom is 0.230 e. The smallest absolute Gasteiger partial charge is 0.230 e. The molecule has 0 amide bonds. The second kappa shape index (κ2) is 8.61. The first kappa shape index (κ1) is 16.7. The maximum absolute atomic E-state index is 5.72. The summed E-state index contributed by atoms with van der Waals surface area (Å²) >= 11 is 0. The van der Waals surface area contributed by atoms with Gasteiger partial charge in [-0.2, -0.15) is 0 Å². The van der Waals surface area contributed by atoms with E-state index in [0.29, 0.717) is 31.5 Å². The monoisotopic (exact) mass is 329 g/mol. The van der Waals surface area contributed by atoms with Crippen molar-refractivity contribution in [2.75, 3.05) is 26.9 Å². The van der Waals surface area contributed by atoms with Crippen LogP contribution in [0.4, 0.5) is 0 Å². The normalized spacial score (nSPS) is 18.1. The Balaban J connectivity index is 1.45. The molecule has 0 spiro atoms. The van der Waals surface area contributed by atoms with Crippen molar-refractivity contribution in [1.82, 2.24) is 15.5 Å². The molecule has 2 heterocycles. The molecular formula is C18H23N3O3. The molecule has 1 N–H and O–H groups in total. The van der Waals surface area contributed by atoms with Gasteiger partial charge in [0.25, 0.3) is 0 Å². The van der Waals surface area contributed by atoms with Gasteiger partial charge in [0.2, 0.25) is 11.8 Å². The summed E-state index contributed by atoms with van der Waals surface area (Å²) in [6.07, 6.45) is 6.18. The first-order valence-electron chi connectivity index (χ1n) is 8.27. The molecule has 1 atom stereocenters. The van der Waals surface area contributed by atoms with Crippen LogP contribution in [0.1, 0.15) is 36.1 Å². The fourth-order valence-corrected chi connectivity index (χ4v) is 2.69. The van der Waals surface area contributed by atoms with Crippen molar-refractivity contribution in [3.05, 3.63) is 47.7 Å². The van der Waals surface area contributed by atoms with Crippen molar-refractivity contribution >= 4 is 6.08 Å². The Bertz CT molecular complexity index is 663. The molecule has 0 aliphatic carbocycles. The molecule has 1 aliphatic rings. The lowest BCUT2D eigenvalue weighted by Gasteiger charge is -2.18. The molecule has 1 saturated heterocycles. The molecule has 1 unspecified atom stereocenters. The molecule has 1 aromatic carbocycles.